The predicted octanol–water partition coefficient (Wildman–Crippen LogP) is 3.65. The van der Waals surface area contributed by atoms with Crippen molar-refractivity contribution in [2.45, 2.75) is 44.6 Å². The van der Waals surface area contributed by atoms with Crippen molar-refractivity contribution in [2.24, 2.45) is 0 Å². The van der Waals surface area contributed by atoms with Crippen molar-refractivity contribution in [3.05, 3.63) is 42.2 Å². The average Bonchev–Trinajstić information content (AvgIpc) is 3.22. The van der Waals surface area contributed by atoms with Gasteiger partial charge in [-0.3, -0.25) is 4.98 Å². The molecule has 1 aromatic heterocycles. The molecule has 0 aliphatic heterocycles. The highest BCUT2D eigenvalue weighted by Gasteiger charge is 2.25. The molecule has 1 N–H and O–H groups in total. The third-order valence-electron chi connectivity index (χ3n) is 4.16. The lowest BCUT2D eigenvalue weighted by molar-refractivity contribution is 0.458. The van der Waals surface area contributed by atoms with Gasteiger partial charge >= 0.3 is 0 Å². The van der Waals surface area contributed by atoms with Crippen molar-refractivity contribution in [1.82, 2.24) is 10.3 Å². The Morgan fingerprint density at radius 2 is 2.00 bits per heavy atom. The maximum Gasteiger partial charge on any atom is 0.0346 e. The number of hydrogen-bond donors (Lipinski definition) is 1. The van der Waals surface area contributed by atoms with Gasteiger partial charge in [-0.25, -0.2) is 0 Å². The molecule has 1 saturated carbocycles. The maximum atomic E-state index is 4.41. The molecule has 0 amide bonds. The smallest absolute Gasteiger partial charge is 0.0346 e. The zero-order chi connectivity index (χ0) is 13.3. The third kappa shape index (κ3) is 2.79. The predicted molar refractivity (Wildman–Crippen MR) is 80.4 cm³/mol. The Kier molecular flexibility index (Phi) is 3.28. The van der Waals surface area contributed by atoms with E-state index < -0.39 is 0 Å². The van der Waals surface area contributed by atoms with E-state index in [0.29, 0.717) is 0 Å². The average molecular weight is 254 g/mol. The molecule has 1 heterocycles. The monoisotopic (exact) mass is 254 g/mol. The second kappa shape index (κ2) is 4.93. The van der Waals surface area contributed by atoms with Gasteiger partial charge in [0, 0.05) is 23.8 Å². The van der Waals surface area contributed by atoms with Crippen molar-refractivity contribution in [1.29, 1.82) is 0 Å². The minimum Gasteiger partial charge on any atom is -0.314 e. The normalized spacial score (nSPS) is 15.9. The largest absolute Gasteiger partial charge is 0.314 e. The fourth-order valence-electron chi connectivity index (χ4n) is 2.67. The molecule has 0 saturated heterocycles. The van der Waals surface area contributed by atoms with Gasteiger partial charge in [-0.2, -0.15) is 0 Å². The zero-order valence-electron chi connectivity index (χ0n) is 11.8. The standard InChI is InChI=1S/C17H22N2/c1-17(2,9-10-19-14-7-8-14)16-12-18-11-13-5-3-4-6-15(13)16/h3-6,11-12,14,19H,7-10H2,1-2H3. The summed E-state index contributed by atoms with van der Waals surface area (Å²) in [7, 11) is 0. The SMILES string of the molecule is CC(C)(CCNC1CC1)c1cncc2ccccc12. The third-order valence-corrected chi connectivity index (χ3v) is 4.16. The lowest BCUT2D eigenvalue weighted by Gasteiger charge is -2.26. The van der Waals surface area contributed by atoms with Gasteiger partial charge in [-0.15, -0.1) is 0 Å². The van der Waals surface area contributed by atoms with Gasteiger partial charge in [0.2, 0.25) is 0 Å². The Morgan fingerprint density at radius 3 is 2.79 bits per heavy atom. The fourth-order valence-corrected chi connectivity index (χ4v) is 2.67. The second-order valence-corrected chi connectivity index (χ2v) is 6.27. The first kappa shape index (κ1) is 12.6. The summed E-state index contributed by atoms with van der Waals surface area (Å²) in [5, 5.41) is 6.19. The Hall–Kier alpha value is -1.41. The van der Waals surface area contributed by atoms with Crippen molar-refractivity contribution < 1.29 is 0 Å². The van der Waals surface area contributed by atoms with Gasteiger partial charge in [-0.1, -0.05) is 38.1 Å². The highest BCUT2D eigenvalue weighted by atomic mass is 14.9. The molecule has 1 fully saturated rings. The number of nitrogens with one attached hydrogen (secondary N) is 1. The van der Waals surface area contributed by atoms with E-state index in [1.165, 1.54) is 29.2 Å². The highest BCUT2D eigenvalue weighted by molar-refractivity contribution is 5.85. The molecular weight excluding hydrogens is 232 g/mol. The van der Waals surface area contributed by atoms with Crippen molar-refractivity contribution in [3.8, 4) is 0 Å². The molecule has 0 unspecified atom stereocenters. The molecule has 0 radical (unpaired) electrons. The molecule has 0 spiro atoms. The number of rotatable bonds is 5. The molecule has 3 rings (SSSR count). The minimum absolute atomic E-state index is 0.162. The van der Waals surface area contributed by atoms with Crippen molar-refractivity contribution in [2.75, 3.05) is 6.54 Å². The Labute approximate surface area is 115 Å². The van der Waals surface area contributed by atoms with Crippen LogP contribution >= 0.6 is 0 Å². The maximum absolute atomic E-state index is 4.41. The first-order valence-electron chi connectivity index (χ1n) is 7.23. The molecule has 100 valence electrons. The van der Waals surface area contributed by atoms with Gasteiger partial charge in [-0.05, 0) is 42.2 Å². The summed E-state index contributed by atoms with van der Waals surface area (Å²) >= 11 is 0. The Morgan fingerprint density at radius 1 is 1.21 bits per heavy atom. The molecular formula is C17H22N2. The van der Waals surface area contributed by atoms with E-state index >= 15 is 0 Å². The van der Waals surface area contributed by atoms with E-state index in [1.54, 1.807) is 0 Å². The van der Waals surface area contributed by atoms with Gasteiger partial charge in [0.25, 0.3) is 0 Å². The topological polar surface area (TPSA) is 24.9 Å². The fraction of sp³-hybridized carbons (Fsp3) is 0.471. The van der Waals surface area contributed by atoms with Crippen LogP contribution in [0.15, 0.2) is 36.7 Å². The zero-order valence-corrected chi connectivity index (χ0v) is 11.8. The minimum atomic E-state index is 0.162. The van der Waals surface area contributed by atoms with Gasteiger partial charge in [0.1, 0.15) is 0 Å². The summed E-state index contributed by atoms with van der Waals surface area (Å²) in [5.74, 6) is 0. The van der Waals surface area contributed by atoms with E-state index in [9.17, 15) is 0 Å². The molecule has 19 heavy (non-hydrogen) atoms. The van der Waals surface area contributed by atoms with Crippen LogP contribution in [-0.4, -0.2) is 17.6 Å². The number of aromatic nitrogens is 1. The number of fused-ring (bicyclic) bond motifs is 1. The van der Waals surface area contributed by atoms with E-state index in [1.807, 2.05) is 12.4 Å². The Balaban J connectivity index is 1.84. The summed E-state index contributed by atoms with van der Waals surface area (Å²) in [6.45, 7) is 5.75. The van der Waals surface area contributed by atoms with Gasteiger partial charge in [0.15, 0.2) is 0 Å². The molecule has 2 heteroatoms. The summed E-state index contributed by atoms with van der Waals surface area (Å²) in [6.07, 6.45) is 7.86. The van der Waals surface area contributed by atoms with Crippen LogP contribution < -0.4 is 5.32 Å². The van der Waals surface area contributed by atoms with Crippen LogP contribution in [0.3, 0.4) is 0 Å². The van der Waals surface area contributed by atoms with Crippen LogP contribution in [0.25, 0.3) is 10.8 Å². The summed E-state index contributed by atoms with van der Waals surface area (Å²) in [5.41, 5.74) is 1.53. The van der Waals surface area contributed by atoms with Crippen molar-refractivity contribution >= 4 is 10.8 Å². The van der Waals surface area contributed by atoms with Gasteiger partial charge < -0.3 is 5.32 Å². The highest BCUT2D eigenvalue weighted by Crippen LogP contribution is 2.32. The summed E-state index contributed by atoms with van der Waals surface area (Å²) in [6, 6.07) is 9.34. The van der Waals surface area contributed by atoms with E-state index in [2.05, 4.69) is 48.4 Å². The lowest BCUT2D eigenvalue weighted by Crippen LogP contribution is -2.27. The van der Waals surface area contributed by atoms with Gasteiger partial charge in [0.05, 0.1) is 0 Å². The number of pyridine rings is 1. The van der Waals surface area contributed by atoms with Crippen LogP contribution in [0.2, 0.25) is 0 Å². The quantitative estimate of drug-likeness (QED) is 0.881. The van der Waals surface area contributed by atoms with E-state index in [-0.39, 0.29) is 5.41 Å². The van der Waals surface area contributed by atoms with Crippen LogP contribution in [-0.2, 0) is 5.41 Å². The lowest BCUT2D eigenvalue weighted by atomic mass is 9.80. The molecule has 1 aromatic carbocycles. The second-order valence-electron chi connectivity index (χ2n) is 6.27. The molecule has 2 nitrogen and oxygen atoms in total. The van der Waals surface area contributed by atoms with E-state index in [4.69, 9.17) is 0 Å². The molecule has 0 bridgehead atoms. The van der Waals surface area contributed by atoms with E-state index in [0.717, 1.165) is 19.0 Å². The first-order valence-corrected chi connectivity index (χ1v) is 7.23. The van der Waals surface area contributed by atoms with Crippen LogP contribution in [0.5, 0.6) is 0 Å². The van der Waals surface area contributed by atoms with Crippen LogP contribution in [0.4, 0.5) is 0 Å². The first-order chi connectivity index (χ1) is 9.17. The summed E-state index contributed by atoms with van der Waals surface area (Å²) < 4.78 is 0. The molecule has 1 aliphatic carbocycles. The van der Waals surface area contributed by atoms with Crippen molar-refractivity contribution in [3.63, 3.8) is 0 Å². The molecule has 2 aromatic rings. The Bertz CT molecular complexity index is 565. The summed E-state index contributed by atoms with van der Waals surface area (Å²) in [4.78, 5) is 4.41. The number of benzene rings is 1. The van der Waals surface area contributed by atoms with Crippen LogP contribution in [0, 0.1) is 0 Å². The number of hydrogen-bond acceptors (Lipinski definition) is 2. The van der Waals surface area contributed by atoms with Crippen LogP contribution in [0.1, 0.15) is 38.7 Å². The molecule has 0 atom stereocenters. The molecule has 1 aliphatic rings. The number of nitrogens with zero attached hydrogens (tertiary/aromatic N) is 1.